The summed E-state index contributed by atoms with van der Waals surface area (Å²) in [7, 11) is 1.40. The fourth-order valence-electron chi connectivity index (χ4n) is 2.73. The van der Waals surface area contributed by atoms with Gasteiger partial charge in [-0.15, -0.1) is 68.0 Å². The van der Waals surface area contributed by atoms with Crippen LogP contribution in [-0.2, 0) is 11.3 Å². The van der Waals surface area contributed by atoms with E-state index in [-0.39, 0.29) is 12.6 Å². The van der Waals surface area contributed by atoms with Gasteiger partial charge < -0.3 is 14.9 Å². The van der Waals surface area contributed by atoms with E-state index in [0.717, 1.165) is 23.7 Å². The largest absolute Gasteiger partial charge is 0.477 e. The van der Waals surface area contributed by atoms with Crippen LogP contribution in [0.3, 0.4) is 0 Å². The third kappa shape index (κ3) is 5.69. The van der Waals surface area contributed by atoms with Crippen molar-refractivity contribution in [1.29, 1.82) is 0 Å². The van der Waals surface area contributed by atoms with Gasteiger partial charge in [0, 0.05) is 33.1 Å². The second-order valence-corrected chi connectivity index (χ2v) is 12.5. The summed E-state index contributed by atoms with van der Waals surface area (Å²) in [6, 6.07) is 11.7. The Morgan fingerprint density at radius 3 is 1.70 bits per heavy atom. The third-order valence-electron chi connectivity index (χ3n) is 4.22. The van der Waals surface area contributed by atoms with E-state index in [0.29, 0.717) is 9.75 Å². The van der Waals surface area contributed by atoms with Gasteiger partial charge in [0.1, 0.15) is 9.75 Å². The van der Waals surface area contributed by atoms with E-state index in [1.807, 2.05) is 35.0 Å². The Morgan fingerprint density at radius 1 is 0.758 bits per heavy atom. The molecule has 0 spiro atoms. The lowest BCUT2D eigenvalue weighted by molar-refractivity contribution is 0.0605. The number of carboxylic acids is 1. The van der Waals surface area contributed by atoms with Crippen molar-refractivity contribution in [2.75, 3.05) is 7.11 Å². The van der Waals surface area contributed by atoms with Crippen molar-refractivity contribution < 1.29 is 24.5 Å². The van der Waals surface area contributed by atoms with Crippen molar-refractivity contribution in [3.05, 3.63) is 67.2 Å². The number of carboxylic acid groups (broad SMARTS) is 1. The molecule has 0 aliphatic carbocycles. The summed E-state index contributed by atoms with van der Waals surface area (Å²) in [5.74, 6) is -1.08. The number of aliphatic hydroxyl groups is 1. The maximum atomic E-state index is 11.1. The van der Waals surface area contributed by atoms with Gasteiger partial charge in [-0.1, -0.05) is 0 Å². The lowest BCUT2D eigenvalue weighted by Gasteiger charge is -1.90. The molecule has 0 aliphatic heterocycles. The molecule has 0 atom stereocenters. The number of esters is 1. The first-order valence-electron chi connectivity index (χ1n) is 9.31. The van der Waals surface area contributed by atoms with Crippen molar-refractivity contribution in [1.82, 2.24) is 0 Å². The number of rotatable bonds is 3. The van der Waals surface area contributed by atoms with Crippen LogP contribution < -0.4 is 0 Å². The number of thiophene rings is 6. The van der Waals surface area contributed by atoms with Crippen LogP contribution in [0.1, 0.15) is 24.2 Å². The zero-order valence-electron chi connectivity index (χ0n) is 17.0. The molecule has 0 aliphatic rings. The molecule has 11 heteroatoms. The topological polar surface area (TPSA) is 83.8 Å². The zero-order valence-corrected chi connectivity index (χ0v) is 21.9. The molecule has 33 heavy (non-hydrogen) atoms. The van der Waals surface area contributed by atoms with E-state index in [4.69, 9.17) is 10.2 Å². The van der Waals surface area contributed by atoms with Gasteiger partial charge >= 0.3 is 11.9 Å². The lowest BCUT2D eigenvalue weighted by Crippen LogP contribution is -1.96. The molecule has 0 unspecified atom stereocenters. The minimum Gasteiger partial charge on any atom is -0.477 e. The van der Waals surface area contributed by atoms with E-state index < -0.39 is 5.97 Å². The monoisotopic (exact) mass is 552 g/mol. The summed E-state index contributed by atoms with van der Waals surface area (Å²) in [6.45, 7) is 0.173. The zero-order chi connectivity index (χ0) is 23.4. The van der Waals surface area contributed by atoms with Crippen LogP contribution in [0.25, 0.3) is 28.2 Å². The molecule has 0 saturated heterocycles. The number of aromatic carboxylic acids is 1. The molecule has 0 saturated carbocycles. The molecule has 5 nitrogen and oxygen atoms in total. The van der Waals surface area contributed by atoms with Gasteiger partial charge in [0.15, 0.2) is 0 Å². The highest BCUT2D eigenvalue weighted by atomic mass is 32.1. The average Bonchev–Trinajstić information content (AvgIpc) is 3.59. The first kappa shape index (κ1) is 24.0. The van der Waals surface area contributed by atoms with Crippen molar-refractivity contribution in [3.63, 3.8) is 0 Å². The number of fused-ring (bicyclic) bond motifs is 3. The maximum absolute atomic E-state index is 11.1. The van der Waals surface area contributed by atoms with Crippen LogP contribution in [0.5, 0.6) is 0 Å². The number of carbonyl (C=O) groups is 2. The summed E-state index contributed by atoms with van der Waals surface area (Å²) < 4.78 is 11.6. The minimum absolute atomic E-state index is 0.173. The number of ether oxygens (including phenoxy) is 1. The Kier molecular flexibility index (Phi) is 7.91. The maximum Gasteiger partial charge on any atom is 0.348 e. The number of carbonyl (C=O) groups excluding carboxylic acids is 1. The molecule has 170 valence electrons. The average molecular weight is 553 g/mol. The van der Waals surface area contributed by atoms with E-state index in [2.05, 4.69) is 16.2 Å². The van der Waals surface area contributed by atoms with Gasteiger partial charge in [0.25, 0.3) is 0 Å². The highest BCUT2D eigenvalue weighted by molar-refractivity contribution is 7.28. The van der Waals surface area contributed by atoms with E-state index in [9.17, 15) is 9.59 Å². The highest BCUT2D eigenvalue weighted by Gasteiger charge is 2.10. The second-order valence-electron chi connectivity index (χ2n) is 6.34. The molecule has 0 amide bonds. The van der Waals surface area contributed by atoms with Crippen molar-refractivity contribution >= 4 is 108 Å². The Hall–Kier alpha value is -2.12. The van der Waals surface area contributed by atoms with Crippen molar-refractivity contribution in [3.8, 4) is 0 Å². The van der Waals surface area contributed by atoms with Crippen LogP contribution in [0.4, 0.5) is 0 Å². The molecule has 6 aromatic heterocycles. The molecule has 0 aromatic carbocycles. The van der Waals surface area contributed by atoms with Gasteiger partial charge in [0.2, 0.25) is 0 Å². The van der Waals surface area contributed by atoms with Crippen molar-refractivity contribution in [2.45, 2.75) is 6.61 Å². The molecule has 6 aromatic rings. The third-order valence-corrected chi connectivity index (χ3v) is 10.5. The van der Waals surface area contributed by atoms with Crippen LogP contribution in [0.2, 0.25) is 0 Å². The summed E-state index contributed by atoms with van der Waals surface area (Å²) in [4.78, 5) is 23.7. The quantitative estimate of drug-likeness (QED) is 0.218. The number of hydrogen-bond donors (Lipinski definition) is 2. The second kappa shape index (κ2) is 10.9. The highest BCUT2D eigenvalue weighted by Crippen LogP contribution is 2.31. The van der Waals surface area contributed by atoms with Crippen LogP contribution in [0.15, 0.2) is 52.5 Å². The van der Waals surface area contributed by atoms with E-state index >= 15 is 0 Å². The molecular weight excluding hydrogens is 537 g/mol. The number of hydrogen-bond acceptors (Lipinski definition) is 10. The fourth-order valence-corrected chi connectivity index (χ4v) is 8.70. The number of aliphatic hydroxyl groups excluding tert-OH is 1. The molecule has 2 N–H and O–H groups in total. The minimum atomic E-state index is -0.835. The predicted octanol–water partition coefficient (Wildman–Crippen LogP) is 7.87. The molecule has 0 fully saturated rings. The van der Waals surface area contributed by atoms with E-state index in [1.165, 1.54) is 39.2 Å². The van der Waals surface area contributed by atoms with Gasteiger partial charge in [-0.25, -0.2) is 9.59 Å². The summed E-state index contributed by atoms with van der Waals surface area (Å²) in [5.41, 5.74) is 0. The Labute approximate surface area is 212 Å². The molecule has 6 heterocycles. The van der Waals surface area contributed by atoms with Crippen LogP contribution in [-0.4, -0.2) is 29.3 Å². The van der Waals surface area contributed by atoms with Gasteiger partial charge in [-0.3, -0.25) is 0 Å². The van der Waals surface area contributed by atoms with Crippen LogP contribution >= 0.6 is 68.0 Å². The molecular formula is C22H16O5S6. The van der Waals surface area contributed by atoms with Gasteiger partial charge in [-0.05, 0) is 52.5 Å². The summed E-state index contributed by atoms with van der Waals surface area (Å²) >= 11 is 9.39. The predicted molar refractivity (Wildman–Crippen MR) is 143 cm³/mol. The normalized spacial score (nSPS) is 10.6. The van der Waals surface area contributed by atoms with Gasteiger partial charge in [-0.2, -0.15) is 0 Å². The van der Waals surface area contributed by atoms with Gasteiger partial charge in [0.05, 0.1) is 13.7 Å². The smallest absolute Gasteiger partial charge is 0.348 e. The SMILES string of the molecule is COC(=O)c1cc2sccc2s1.O=C(O)c1cc2sccc2s1.OCc1cc2sccc2s1. The molecule has 0 radical (unpaired) electrons. The molecule has 0 bridgehead atoms. The summed E-state index contributed by atoms with van der Waals surface area (Å²) in [6.07, 6.45) is 0. The van der Waals surface area contributed by atoms with E-state index in [1.54, 1.807) is 51.4 Å². The summed E-state index contributed by atoms with van der Waals surface area (Å²) in [5, 5.41) is 23.4. The standard InChI is InChI=1S/C8H6O2S2.C7H4O2S2.C7H6OS2/c1-10-8(9)7-4-6-5(12-7)2-3-11-6;8-7(9)6-3-5-4(11-6)1-2-10-5;8-4-5-3-7-6(10-5)1-2-9-7/h2-4H,1H3;1-3H,(H,8,9);1-3,8H,4H2. The Morgan fingerprint density at radius 2 is 1.24 bits per heavy atom. The first-order chi connectivity index (χ1) is 16.0. The van der Waals surface area contributed by atoms with Crippen LogP contribution in [0, 0.1) is 0 Å². The molecule has 6 rings (SSSR count). The first-order valence-corrected chi connectivity index (χ1v) is 14.4. The Balaban J connectivity index is 0.000000118. The van der Waals surface area contributed by atoms with Crippen molar-refractivity contribution in [2.24, 2.45) is 0 Å². The number of methoxy groups -OCH3 is 1. The Bertz CT molecular complexity index is 1420. The lowest BCUT2D eigenvalue weighted by atomic mass is 10.4. The fraction of sp³-hybridized carbons (Fsp3) is 0.0909.